The molecule has 0 spiro atoms. The number of hydrogen-bond acceptors (Lipinski definition) is 4. The van der Waals surface area contributed by atoms with Gasteiger partial charge in [0.15, 0.2) is 17.5 Å². The fraction of sp³-hybridized carbons (Fsp3) is 0.474. The number of hydrogen-bond donors (Lipinski definition) is 1. The fourth-order valence-corrected chi connectivity index (χ4v) is 5.90. The summed E-state index contributed by atoms with van der Waals surface area (Å²) in [7, 11) is -3.42. The molecule has 12 heteroatoms. The Balaban J connectivity index is 1.44. The third-order valence-corrected chi connectivity index (χ3v) is 7.89. The van der Waals surface area contributed by atoms with E-state index in [1.807, 2.05) is 0 Å². The predicted molar refractivity (Wildman–Crippen MR) is 105 cm³/mol. The quantitative estimate of drug-likeness (QED) is 0.721. The largest absolute Gasteiger partial charge is 0.322 e. The first-order chi connectivity index (χ1) is 14.7. The van der Waals surface area contributed by atoms with Crippen molar-refractivity contribution in [2.75, 3.05) is 21.9 Å². The molecule has 5 rings (SSSR count). The maximum Gasteiger partial charge on any atom is 0.322 e. The second-order valence-electron chi connectivity index (χ2n) is 8.12. The molecule has 0 unspecified atom stereocenters. The highest BCUT2D eigenvalue weighted by Gasteiger charge is 2.43. The van der Waals surface area contributed by atoms with Gasteiger partial charge in [0, 0.05) is 24.4 Å². The normalized spacial score (nSPS) is 22.5. The van der Waals surface area contributed by atoms with Crippen molar-refractivity contribution < 1.29 is 26.4 Å². The van der Waals surface area contributed by atoms with Crippen LogP contribution in [0.25, 0.3) is 0 Å². The number of nitrogens with one attached hydrogen (secondary N) is 1. The van der Waals surface area contributed by atoms with Gasteiger partial charge in [-0.3, -0.25) is 8.99 Å². The molecule has 1 saturated carbocycles. The summed E-state index contributed by atoms with van der Waals surface area (Å²) in [6, 6.07) is 0.660. The van der Waals surface area contributed by atoms with Gasteiger partial charge in [0.05, 0.1) is 42.5 Å². The highest BCUT2D eigenvalue weighted by atomic mass is 32.2. The Morgan fingerprint density at radius 1 is 1.16 bits per heavy atom. The van der Waals surface area contributed by atoms with Gasteiger partial charge in [0.2, 0.25) is 10.0 Å². The van der Waals surface area contributed by atoms with E-state index in [1.54, 1.807) is 9.58 Å². The maximum absolute atomic E-state index is 13.5. The standard InChI is InChI=1S/C19H20F3N5O3S/c20-13-6-12(7-14(21)18(13)22)24-19(28)25-9-17-15(27-4-1-5-31(27,29)30)8-23-26(17)10-16(25)11-2-3-11/h6-8,11,16H,1-5,9-10H2,(H,24,28)/t16-/m1/s1. The smallest absolute Gasteiger partial charge is 0.313 e. The van der Waals surface area contributed by atoms with Crippen LogP contribution in [0.4, 0.5) is 29.3 Å². The first-order valence-corrected chi connectivity index (χ1v) is 11.6. The molecule has 1 aromatic heterocycles. The van der Waals surface area contributed by atoms with Gasteiger partial charge in [0.25, 0.3) is 0 Å². The predicted octanol–water partition coefficient (Wildman–Crippen LogP) is 2.67. The molecule has 31 heavy (non-hydrogen) atoms. The van der Waals surface area contributed by atoms with Crippen LogP contribution in [0.2, 0.25) is 0 Å². The topological polar surface area (TPSA) is 87.5 Å². The molecule has 3 heterocycles. The summed E-state index contributed by atoms with van der Waals surface area (Å²) < 4.78 is 68.1. The molecule has 1 atom stereocenters. The highest BCUT2D eigenvalue weighted by molar-refractivity contribution is 7.93. The number of urea groups is 1. The van der Waals surface area contributed by atoms with Crippen molar-refractivity contribution in [3.8, 4) is 0 Å². The van der Waals surface area contributed by atoms with Gasteiger partial charge in [-0.2, -0.15) is 5.10 Å². The number of halogens is 3. The van der Waals surface area contributed by atoms with Crippen LogP contribution in [0.1, 0.15) is 25.0 Å². The lowest BCUT2D eigenvalue weighted by molar-refractivity contribution is 0.141. The Kier molecular flexibility index (Phi) is 4.65. The first-order valence-electron chi connectivity index (χ1n) is 10.0. The summed E-state index contributed by atoms with van der Waals surface area (Å²) in [6.45, 7) is 0.849. The SMILES string of the molecule is O=C(Nc1cc(F)c(F)c(F)c1)N1Cc2c(N3CCCS3(=O)=O)cnn2C[C@@H]1C1CC1. The molecule has 1 aliphatic carbocycles. The van der Waals surface area contributed by atoms with Crippen molar-refractivity contribution in [2.45, 2.75) is 38.4 Å². The lowest BCUT2D eigenvalue weighted by Crippen LogP contribution is -2.49. The van der Waals surface area contributed by atoms with Crippen molar-refractivity contribution >= 4 is 27.4 Å². The minimum atomic E-state index is -3.42. The summed E-state index contributed by atoms with van der Waals surface area (Å²) in [5, 5.41) is 6.79. The molecule has 2 amide bonds. The molecular weight excluding hydrogens is 435 g/mol. The van der Waals surface area contributed by atoms with Gasteiger partial charge in [-0.1, -0.05) is 0 Å². The average Bonchev–Trinajstić information content (AvgIpc) is 3.39. The lowest BCUT2D eigenvalue weighted by atomic mass is 10.1. The zero-order valence-electron chi connectivity index (χ0n) is 16.4. The van der Waals surface area contributed by atoms with Crippen molar-refractivity contribution in [1.29, 1.82) is 0 Å². The number of sulfonamides is 1. The molecule has 1 N–H and O–H groups in total. The Labute approximate surface area is 176 Å². The van der Waals surface area contributed by atoms with E-state index in [4.69, 9.17) is 0 Å². The van der Waals surface area contributed by atoms with Crippen molar-refractivity contribution in [2.24, 2.45) is 5.92 Å². The monoisotopic (exact) mass is 455 g/mol. The van der Waals surface area contributed by atoms with Crippen LogP contribution in [0.15, 0.2) is 18.3 Å². The third-order valence-electron chi connectivity index (χ3n) is 6.04. The molecule has 8 nitrogen and oxygen atoms in total. The van der Waals surface area contributed by atoms with Crippen LogP contribution >= 0.6 is 0 Å². The van der Waals surface area contributed by atoms with Crippen LogP contribution < -0.4 is 9.62 Å². The van der Waals surface area contributed by atoms with E-state index in [0.717, 1.165) is 25.0 Å². The van der Waals surface area contributed by atoms with Crippen LogP contribution in [0.5, 0.6) is 0 Å². The number of rotatable bonds is 3. The zero-order chi connectivity index (χ0) is 21.9. The van der Waals surface area contributed by atoms with E-state index >= 15 is 0 Å². The first kappa shape index (κ1) is 20.2. The molecular formula is C19H20F3N5O3S. The molecule has 1 aromatic carbocycles. The molecule has 3 aliphatic rings. The summed E-state index contributed by atoms with van der Waals surface area (Å²) in [5.41, 5.74) is 0.842. The second-order valence-corrected chi connectivity index (χ2v) is 10.1. The van der Waals surface area contributed by atoms with Gasteiger partial charge < -0.3 is 10.2 Å². The van der Waals surface area contributed by atoms with E-state index in [0.29, 0.717) is 30.9 Å². The summed E-state index contributed by atoms with van der Waals surface area (Å²) in [5.74, 6) is -4.07. The number of anilines is 2. The van der Waals surface area contributed by atoms with Gasteiger partial charge >= 0.3 is 6.03 Å². The number of carbonyl (C=O) groups is 1. The fourth-order valence-electron chi connectivity index (χ4n) is 4.32. The highest BCUT2D eigenvalue weighted by Crippen LogP contribution is 2.40. The van der Waals surface area contributed by atoms with Crippen molar-refractivity contribution in [3.05, 3.63) is 41.5 Å². The van der Waals surface area contributed by atoms with Crippen LogP contribution in [-0.2, 0) is 23.1 Å². The molecule has 2 aromatic rings. The third kappa shape index (κ3) is 3.52. The Morgan fingerprint density at radius 3 is 2.48 bits per heavy atom. The second kappa shape index (κ2) is 7.14. The number of fused-ring (bicyclic) bond motifs is 1. The molecule has 1 saturated heterocycles. The number of nitrogens with zero attached hydrogens (tertiary/aromatic N) is 4. The van der Waals surface area contributed by atoms with E-state index in [2.05, 4.69) is 10.4 Å². The summed E-state index contributed by atoms with van der Waals surface area (Å²) in [4.78, 5) is 14.6. The Bertz CT molecular complexity index is 1140. The van der Waals surface area contributed by atoms with E-state index < -0.39 is 33.5 Å². The van der Waals surface area contributed by atoms with Gasteiger partial charge in [-0.25, -0.2) is 26.4 Å². The number of carbonyl (C=O) groups excluding carboxylic acids is 1. The van der Waals surface area contributed by atoms with Crippen LogP contribution in [0.3, 0.4) is 0 Å². The lowest BCUT2D eigenvalue weighted by Gasteiger charge is -2.37. The van der Waals surface area contributed by atoms with Crippen molar-refractivity contribution in [1.82, 2.24) is 14.7 Å². The molecule has 2 fully saturated rings. The maximum atomic E-state index is 13.5. The Morgan fingerprint density at radius 2 is 1.87 bits per heavy atom. The van der Waals surface area contributed by atoms with Crippen LogP contribution in [0, 0.1) is 23.4 Å². The molecule has 166 valence electrons. The minimum absolute atomic E-state index is 0.0637. The Hall–Kier alpha value is -2.76. The molecule has 0 bridgehead atoms. The summed E-state index contributed by atoms with van der Waals surface area (Å²) >= 11 is 0. The summed E-state index contributed by atoms with van der Waals surface area (Å²) in [6.07, 6.45) is 3.91. The van der Waals surface area contributed by atoms with Crippen molar-refractivity contribution in [3.63, 3.8) is 0 Å². The molecule has 2 aliphatic heterocycles. The number of amides is 2. The van der Waals surface area contributed by atoms with E-state index in [-0.39, 0.29) is 29.9 Å². The van der Waals surface area contributed by atoms with E-state index in [1.165, 1.54) is 10.5 Å². The van der Waals surface area contributed by atoms with Gasteiger partial charge in [-0.05, 0) is 25.2 Å². The molecule has 0 radical (unpaired) electrons. The van der Waals surface area contributed by atoms with Gasteiger partial charge in [-0.15, -0.1) is 0 Å². The average molecular weight is 455 g/mol. The number of aromatic nitrogens is 2. The zero-order valence-corrected chi connectivity index (χ0v) is 17.2. The van der Waals surface area contributed by atoms with Gasteiger partial charge in [0.1, 0.15) is 0 Å². The van der Waals surface area contributed by atoms with E-state index in [9.17, 15) is 26.4 Å². The number of benzene rings is 1. The minimum Gasteiger partial charge on any atom is -0.313 e. The van der Waals surface area contributed by atoms with Crippen LogP contribution in [-0.4, -0.2) is 47.5 Å².